The number of aliphatic hydroxyl groups excluding tert-OH is 1. The van der Waals surface area contributed by atoms with Crippen molar-refractivity contribution in [3.8, 4) is 0 Å². The van der Waals surface area contributed by atoms with Crippen LogP contribution in [0.2, 0.25) is 0 Å². The van der Waals surface area contributed by atoms with Crippen LogP contribution >= 0.6 is 0 Å². The molecule has 2 rings (SSSR count). The van der Waals surface area contributed by atoms with E-state index in [9.17, 15) is 5.11 Å². The Kier molecular flexibility index (Phi) is 1.51. The van der Waals surface area contributed by atoms with Crippen molar-refractivity contribution in [1.82, 2.24) is 19.6 Å². The van der Waals surface area contributed by atoms with Crippen molar-refractivity contribution < 1.29 is 5.11 Å². The van der Waals surface area contributed by atoms with E-state index in [1.54, 1.807) is 19.2 Å². The van der Waals surface area contributed by atoms with E-state index in [0.29, 0.717) is 11.5 Å². The molecule has 0 spiro atoms. The normalized spacial score (nSPS) is 13.5. The van der Waals surface area contributed by atoms with Crippen LogP contribution in [0.4, 0.5) is 0 Å². The molecule has 0 fully saturated rings. The molecule has 5 heteroatoms. The summed E-state index contributed by atoms with van der Waals surface area (Å²) in [5.41, 5.74) is 0.692. The van der Waals surface area contributed by atoms with E-state index < -0.39 is 6.10 Å². The highest BCUT2D eigenvalue weighted by atomic mass is 16.3. The summed E-state index contributed by atoms with van der Waals surface area (Å²) in [5, 5.41) is 13.2. The summed E-state index contributed by atoms with van der Waals surface area (Å²) in [6.07, 6.45) is 2.46. The first-order chi connectivity index (χ1) is 5.79. The fourth-order valence-corrected chi connectivity index (χ4v) is 1.07. The molecule has 2 heterocycles. The van der Waals surface area contributed by atoms with Gasteiger partial charge in [0.1, 0.15) is 6.33 Å². The third-order valence-electron chi connectivity index (χ3n) is 1.64. The smallest absolute Gasteiger partial charge is 0.252 e. The number of aliphatic hydroxyl groups is 1. The van der Waals surface area contributed by atoms with Crippen LogP contribution in [0.1, 0.15) is 18.7 Å². The van der Waals surface area contributed by atoms with Gasteiger partial charge in [0.05, 0.1) is 11.8 Å². The molecule has 0 amide bonds. The number of hydrogen-bond acceptors (Lipinski definition) is 4. The van der Waals surface area contributed by atoms with E-state index in [0.717, 1.165) is 0 Å². The molecule has 0 radical (unpaired) electrons. The van der Waals surface area contributed by atoms with Gasteiger partial charge in [0, 0.05) is 6.20 Å². The number of rotatable bonds is 1. The zero-order valence-electron chi connectivity index (χ0n) is 6.55. The molecular weight excluding hydrogens is 156 g/mol. The summed E-state index contributed by atoms with van der Waals surface area (Å²) in [6.45, 7) is 1.68. The lowest BCUT2D eigenvalue weighted by molar-refractivity contribution is 0.191. The molecule has 0 saturated heterocycles. The van der Waals surface area contributed by atoms with Gasteiger partial charge < -0.3 is 5.11 Å². The van der Waals surface area contributed by atoms with Crippen LogP contribution in [0.25, 0.3) is 5.78 Å². The predicted octanol–water partition coefficient (Wildman–Crippen LogP) is 0.178. The van der Waals surface area contributed by atoms with Gasteiger partial charge in [-0.2, -0.15) is 14.6 Å². The summed E-state index contributed by atoms with van der Waals surface area (Å²) in [4.78, 5) is 7.85. The molecule has 0 aromatic carbocycles. The van der Waals surface area contributed by atoms with Crippen molar-refractivity contribution in [3.05, 3.63) is 24.3 Å². The van der Waals surface area contributed by atoms with E-state index in [-0.39, 0.29) is 0 Å². The molecule has 2 aromatic heterocycles. The minimum atomic E-state index is -0.558. The Bertz CT molecular complexity index is 395. The molecule has 0 aliphatic carbocycles. The molecule has 0 saturated carbocycles. The van der Waals surface area contributed by atoms with Crippen LogP contribution in [0.15, 0.2) is 18.6 Å². The van der Waals surface area contributed by atoms with Gasteiger partial charge in [0.25, 0.3) is 5.78 Å². The molecule has 62 valence electrons. The SMILES string of the molecule is CC(O)c1ccnc2ncnn12. The van der Waals surface area contributed by atoms with E-state index in [1.165, 1.54) is 10.8 Å². The molecule has 1 atom stereocenters. The quantitative estimate of drug-likeness (QED) is 0.653. The first kappa shape index (κ1) is 7.17. The zero-order chi connectivity index (χ0) is 8.55. The maximum absolute atomic E-state index is 9.32. The second kappa shape index (κ2) is 2.53. The molecule has 0 bridgehead atoms. The molecule has 1 unspecified atom stereocenters. The van der Waals surface area contributed by atoms with E-state index in [2.05, 4.69) is 15.1 Å². The lowest BCUT2D eigenvalue weighted by atomic mass is 10.3. The molecule has 2 aromatic rings. The Balaban J connectivity index is 2.73. The Hall–Kier alpha value is -1.49. The van der Waals surface area contributed by atoms with Crippen LogP contribution in [-0.2, 0) is 0 Å². The summed E-state index contributed by atoms with van der Waals surface area (Å²) < 4.78 is 1.52. The van der Waals surface area contributed by atoms with Crippen LogP contribution < -0.4 is 0 Å². The van der Waals surface area contributed by atoms with Gasteiger partial charge in [0.15, 0.2) is 0 Å². The molecule has 0 aliphatic rings. The van der Waals surface area contributed by atoms with Gasteiger partial charge in [-0.3, -0.25) is 0 Å². The highest BCUT2D eigenvalue weighted by Crippen LogP contribution is 2.09. The number of nitrogens with zero attached hydrogens (tertiary/aromatic N) is 4. The molecule has 12 heavy (non-hydrogen) atoms. The fraction of sp³-hybridized carbons (Fsp3) is 0.286. The minimum absolute atomic E-state index is 0.508. The molecular formula is C7H8N4O. The zero-order valence-corrected chi connectivity index (χ0v) is 6.55. The maximum atomic E-state index is 9.32. The molecule has 1 N–H and O–H groups in total. The third kappa shape index (κ3) is 0.947. The fourth-order valence-electron chi connectivity index (χ4n) is 1.07. The largest absolute Gasteiger partial charge is 0.387 e. The average molecular weight is 164 g/mol. The second-order valence-electron chi connectivity index (χ2n) is 2.52. The predicted molar refractivity (Wildman–Crippen MR) is 41.4 cm³/mol. The average Bonchev–Trinajstić information content (AvgIpc) is 2.49. The summed E-state index contributed by atoms with van der Waals surface area (Å²) in [5.74, 6) is 0.508. The third-order valence-corrected chi connectivity index (χ3v) is 1.64. The maximum Gasteiger partial charge on any atom is 0.252 e. The van der Waals surface area contributed by atoms with Gasteiger partial charge in [-0.05, 0) is 13.0 Å². The summed E-state index contributed by atoms with van der Waals surface area (Å²) >= 11 is 0. The van der Waals surface area contributed by atoms with Crippen LogP contribution in [0, 0.1) is 0 Å². The van der Waals surface area contributed by atoms with Crippen molar-refractivity contribution in [2.24, 2.45) is 0 Å². The van der Waals surface area contributed by atoms with Gasteiger partial charge in [0.2, 0.25) is 0 Å². The Morgan fingerprint density at radius 1 is 1.50 bits per heavy atom. The lowest BCUT2D eigenvalue weighted by Crippen LogP contribution is -2.03. The van der Waals surface area contributed by atoms with Gasteiger partial charge >= 0.3 is 0 Å². The number of hydrogen-bond donors (Lipinski definition) is 1. The van der Waals surface area contributed by atoms with Crippen LogP contribution in [-0.4, -0.2) is 24.7 Å². The first-order valence-electron chi connectivity index (χ1n) is 3.62. The Morgan fingerprint density at radius 2 is 2.33 bits per heavy atom. The first-order valence-corrected chi connectivity index (χ1v) is 3.62. The number of aromatic nitrogens is 4. The van der Waals surface area contributed by atoms with Gasteiger partial charge in [-0.1, -0.05) is 0 Å². The Morgan fingerprint density at radius 3 is 3.08 bits per heavy atom. The van der Waals surface area contributed by atoms with Crippen LogP contribution in [0.5, 0.6) is 0 Å². The Labute approximate surface area is 68.7 Å². The van der Waals surface area contributed by atoms with Gasteiger partial charge in [-0.15, -0.1) is 0 Å². The van der Waals surface area contributed by atoms with Crippen molar-refractivity contribution >= 4 is 5.78 Å². The van der Waals surface area contributed by atoms with Crippen LogP contribution in [0.3, 0.4) is 0 Å². The summed E-state index contributed by atoms with van der Waals surface area (Å²) in [7, 11) is 0. The van der Waals surface area contributed by atoms with E-state index in [1.807, 2.05) is 0 Å². The highest BCUT2D eigenvalue weighted by Gasteiger charge is 2.06. The topological polar surface area (TPSA) is 63.3 Å². The summed E-state index contributed by atoms with van der Waals surface area (Å²) in [6, 6.07) is 1.71. The van der Waals surface area contributed by atoms with E-state index in [4.69, 9.17) is 0 Å². The highest BCUT2D eigenvalue weighted by molar-refractivity contribution is 5.27. The standard InChI is InChI=1S/C7H8N4O/c1-5(12)6-2-3-8-7-9-4-10-11(6)7/h2-5,12H,1H3. The van der Waals surface area contributed by atoms with Gasteiger partial charge in [-0.25, -0.2) is 4.98 Å². The monoisotopic (exact) mass is 164 g/mol. The van der Waals surface area contributed by atoms with Crippen molar-refractivity contribution in [2.75, 3.05) is 0 Å². The van der Waals surface area contributed by atoms with Crippen molar-refractivity contribution in [3.63, 3.8) is 0 Å². The minimum Gasteiger partial charge on any atom is -0.387 e. The van der Waals surface area contributed by atoms with E-state index >= 15 is 0 Å². The van der Waals surface area contributed by atoms with Crippen molar-refractivity contribution in [1.29, 1.82) is 0 Å². The molecule has 0 aliphatic heterocycles. The second-order valence-corrected chi connectivity index (χ2v) is 2.52. The lowest BCUT2D eigenvalue weighted by Gasteiger charge is -2.04. The number of fused-ring (bicyclic) bond motifs is 1. The molecule has 5 nitrogen and oxygen atoms in total. The van der Waals surface area contributed by atoms with Crippen molar-refractivity contribution in [2.45, 2.75) is 13.0 Å².